The Bertz CT molecular complexity index is 1150. The van der Waals surface area contributed by atoms with Gasteiger partial charge in [0.25, 0.3) is 0 Å². The third-order valence-electron chi connectivity index (χ3n) is 7.00. The van der Waals surface area contributed by atoms with Crippen LogP contribution in [0.25, 0.3) is 0 Å². The van der Waals surface area contributed by atoms with E-state index >= 15 is 0 Å². The van der Waals surface area contributed by atoms with Crippen LogP contribution < -0.4 is 24.4 Å². The van der Waals surface area contributed by atoms with Crippen molar-refractivity contribution in [3.8, 4) is 23.0 Å². The van der Waals surface area contributed by atoms with Gasteiger partial charge >= 0.3 is 0 Å². The average molecular weight is 474 g/mol. The minimum atomic E-state index is -0.469. The van der Waals surface area contributed by atoms with Gasteiger partial charge in [0.05, 0.1) is 20.9 Å². The van der Waals surface area contributed by atoms with E-state index < -0.39 is 5.54 Å². The van der Waals surface area contributed by atoms with Crippen molar-refractivity contribution in [2.75, 3.05) is 38.9 Å². The van der Waals surface area contributed by atoms with Crippen LogP contribution in [0.4, 0.5) is 5.69 Å². The Morgan fingerprint density at radius 3 is 2.26 bits per heavy atom. The molecule has 2 aliphatic heterocycles. The molecule has 1 amide bonds. The van der Waals surface area contributed by atoms with Gasteiger partial charge < -0.3 is 24.4 Å². The molecule has 5 rings (SSSR count). The van der Waals surface area contributed by atoms with Crippen LogP contribution in [0.2, 0.25) is 0 Å². The summed E-state index contributed by atoms with van der Waals surface area (Å²) in [5, 5.41) is 3.07. The molecular formula is C28H31N3O4. The number of nitrogens with zero attached hydrogens (tertiary/aromatic N) is 2. The molecule has 0 radical (unpaired) electrons. The molecule has 3 aromatic rings. The summed E-state index contributed by atoms with van der Waals surface area (Å²) in [6, 6.07) is 23.9. The summed E-state index contributed by atoms with van der Waals surface area (Å²) in [5.41, 5.74) is 1.78. The lowest BCUT2D eigenvalue weighted by molar-refractivity contribution is -0.125. The highest BCUT2D eigenvalue weighted by Crippen LogP contribution is 2.40. The van der Waals surface area contributed by atoms with Gasteiger partial charge in [-0.05, 0) is 54.8 Å². The summed E-state index contributed by atoms with van der Waals surface area (Å²) in [6.45, 7) is 3.06. The van der Waals surface area contributed by atoms with Crippen LogP contribution in [-0.4, -0.2) is 50.3 Å². The quantitative estimate of drug-likeness (QED) is 0.548. The number of hydrogen-bond donors (Lipinski definition) is 1. The summed E-state index contributed by atoms with van der Waals surface area (Å²) < 4.78 is 17.1. The van der Waals surface area contributed by atoms with Crippen molar-refractivity contribution in [1.29, 1.82) is 0 Å². The summed E-state index contributed by atoms with van der Waals surface area (Å²) in [4.78, 5) is 17.6. The second-order valence-electron chi connectivity index (χ2n) is 8.98. The van der Waals surface area contributed by atoms with Crippen molar-refractivity contribution in [2.45, 2.75) is 24.9 Å². The van der Waals surface area contributed by atoms with E-state index in [-0.39, 0.29) is 5.91 Å². The molecule has 2 heterocycles. The normalized spacial score (nSPS) is 17.3. The lowest BCUT2D eigenvalue weighted by atomic mass is 9.85. The third kappa shape index (κ3) is 4.51. The monoisotopic (exact) mass is 473 g/mol. The number of nitrogens with one attached hydrogen (secondary N) is 1. The summed E-state index contributed by atoms with van der Waals surface area (Å²) in [6.07, 6.45) is 1.59. The van der Waals surface area contributed by atoms with Crippen LogP contribution in [-0.2, 0) is 11.3 Å². The fraction of sp³-hybridized carbons (Fsp3) is 0.321. The Morgan fingerprint density at radius 2 is 1.57 bits per heavy atom. The number of methoxy groups -OCH3 is 2. The number of ether oxygens (including phenoxy) is 3. The number of para-hydroxylation sites is 2. The number of rotatable bonds is 7. The molecule has 35 heavy (non-hydrogen) atoms. The zero-order valence-electron chi connectivity index (χ0n) is 20.2. The van der Waals surface area contributed by atoms with E-state index in [9.17, 15) is 4.79 Å². The zero-order chi connectivity index (χ0) is 24.3. The largest absolute Gasteiger partial charge is 0.493 e. The smallest absolute Gasteiger partial charge is 0.247 e. The van der Waals surface area contributed by atoms with E-state index in [0.29, 0.717) is 23.9 Å². The molecule has 1 spiro atoms. The Labute approximate surface area is 206 Å². The first-order chi connectivity index (χ1) is 17.1. The minimum Gasteiger partial charge on any atom is -0.493 e. The van der Waals surface area contributed by atoms with Gasteiger partial charge in [-0.3, -0.25) is 9.69 Å². The van der Waals surface area contributed by atoms with E-state index in [2.05, 4.69) is 39.4 Å². The minimum absolute atomic E-state index is 0.141. The van der Waals surface area contributed by atoms with Crippen molar-refractivity contribution < 1.29 is 19.0 Å². The number of hydrogen-bond acceptors (Lipinski definition) is 6. The number of amides is 1. The lowest BCUT2D eigenvalue weighted by Crippen LogP contribution is -2.56. The van der Waals surface area contributed by atoms with Crippen LogP contribution >= 0.6 is 0 Å². The Balaban J connectivity index is 1.27. The molecule has 0 atom stereocenters. The van der Waals surface area contributed by atoms with Gasteiger partial charge in [0, 0.05) is 25.3 Å². The van der Waals surface area contributed by atoms with Gasteiger partial charge in [0.2, 0.25) is 11.7 Å². The maximum atomic E-state index is 12.9. The average Bonchev–Trinajstić information content (AvgIpc) is 3.21. The number of piperidine rings is 1. The van der Waals surface area contributed by atoms with Crippen LogP contribution in [0, 0.1) is 0 Å². The van der Waals surface area contributed by atoms with Gasteiger partial charge in [-0.25, -0.2) is 0 Å². The Kier molecular flexibility index (Phi) is 6.51. The highest BCUT2D eigenvalue weighted by atomic mass is 16.5. The molecule has 2 fully saturated rings. The van der Waals surface area contributed by atoms with E-state index in [1.165, 1.54) is 0 Å². The second-order valence-corrected chi connectivity index (χ2v) is 8.98. The molecule has 0 unspecified atom stereocenters. The molecule has 2 saturated heterocycles. The van der Waals surface area contributed by atoms with Crippen LogP contribution in [0.3, 0.4) is 0 Å². The first-order valence-corrected chi connectivity index (χ1v) is 11.9. The fourth-order valence-corrected chi connectivity index (χ4v) is 5.11. The van der Waals surface area contributed by atoms with Gasteiger partial charge in [-0.1, -0.05) is 36.4 Å². The van der Waals surface area contributed by atoms with Gasteiger partial charge in [-0.15, -0.1) is 0 Å². The predicted octanol–water partition coefficient (Wildman–Crippen LogP) is 4.42. The first-order valence-electron chi connectivity index (χ1n) is 11.9. The Hall–Kier alpha value is -3.71. The molecule has 7 heteroatoms. The van der Waals surface area contributed by atoms with E-state index in [1.807, 2.05) is 48.5 Å². The molecule has 2 aliphatic rings. The van der Waals surface area contributed by atoms with Crippen LogP contribution in [0.1, 0.15) is 18.4 Å². The van der Waals surface area contributed by atoms with Crippen LogP contribution in [0.5, 0.6) is 23.0 Å². The second kappa shape index (κ2) is 9.88. The molecular weight excluding hydrogens is 442 g/mol. The van der Waals surface area contributed by atoms with Crippen molar-refractivity contribution in [1.82, 2.24) is 10.2 Å². The van der Waals surface area contributed by atoms with Gasteiger partial charge in [-0.2, -0.15) is 0 Å². The number of likely N-dealkylation sites (tertiary alicyclic amines) is 1. The van der Waals surface area contributed by atoms with E-state index in [0.717, 1.165) is 49.5 Å². The maximum Gasteiger partial charge on any atom is 0.247 e. The van der Waals surface area contributed by atoms with E-state index in [4.69, 9.17) is 14.2 Å². The number of anilines is 1. The lowest BCUT2D eigenvalue weighted by Gasteiger charge is -2.43. The van der Waals surface area contributed by atoms with E-state index in [1.54, 1.807) is 14.2 Å². The van der Waals surface area contributed by atoms with Crippen molar-refractivity contribution in [2.24, 2.45) is 0 Å². The predicted molar refractivity (Wildman–Crippen MR) is 135 cm³/mol. The highest BCUT2D eigenvalue weighted by Gasteiger charge is 2.50. The molecule has 0 bridgehead atoms. The standard InChI is InChI=1S/C28H31N3O4/c1-33-24-12-7-13-25(34-2)26(24)35-23-11-6-8-21(18-23)19-30-16-14-28(15-17-30)27(32)29-20-31(28)22-9-4-3-5-10-22/h3-13,18H,14-17,19-20H2,1-2H3,(H,29,32). The number of carbonyl (C=O) groups excluding carboxylic acids is 1. The molecule has 1 N–H and O–H groups in total. The van der Waals surface area contributed by atoms with Gasteiger partial charge in [0.1, 0.15) is 11.3 Å². The van der Waals surface area contributed by atoms with Crippen LogP contribution in [0.15, 0.2) is 72.8 Å². The fourth-order valence-electron chi connectivity index (χ4n) is 5.11. The number of carbonyl (C=O) groups is 1. The molecule has 182 valence electrons. The topological polar surface area (TPSA) is 63.3 Å². The van der Waals surface area contributed by atoms with Crippen molar-refractivity contribution in [3.63, 3.8) is 0 Å². The molecule has 0 saturated carbocycles. The molecule has 0 aliphatic carbocycles. The highest BCUT2D eigenvalue weighted by molar-refractivity contribution is 5.93. The molecule has 3 aromatic carbocycles. The number of benzene rings is 3. The summed E-state index contributed by atoms with van der Waals surface area (Å²) >= 11 is 0. The van der Waals surface area contributed by atoms with Crippen molar-refractivity contribution >= 4 is 11.6 Å². The molecule has 0 aromatic heterocycles. The summed E-state index contributed by atoms with van der Waals surface area (Å²) in [7, 11) is 3.23. The van der Waals surface area contributed by atoms with Gasteiger partial charge in [0.15, 0.2) is 11.5 Å². The SMILES string of the molecule is COc1cccc(OC)c1Oc1cccc(CN2CCC3(CC2)C(=O)NCN3c2ccccc2)c1. The Morgan fingerprint density at radius 1 is 0.886 bits per heavy atom. The summed E-state index contributed by atoms with van der Waals surface area (Å²) in [5.74, 6) is 2.66. The maximum absolute atomic E-state index is 12.9. The first kappa shape index (κ1) is 23.1. The zero-order valence-corrected chi connectivity index (χ0v) is 20.2. The van der Waals surface area contributed by atoms with Crippen molar-refractivity contribution in [3.05, 3.63) is 78.4 Å². The third-order valence-corrected chi connectivity index (χ3v) is 7.00. The molecule has 7 nitrogen and oxygen atoms in total.